The molecule has 9 heteroatoms. The molecule has 8 nitrogen and oxygen atoms in total. The van der Waals surface area contributed by atoms with Crippen LogP contribution >= 0.6 is 0 Å². The van der Waals surface area contributed by atoms with Crippen LogP contribution < -0.4 is 14.4 Å². The number of ether oxygens (including phenoxy) is 3. The van der Waals surface area contributed by atoms with Crippen molar-refractivity contribution in [3.63, 3.8) is 0 Å². The summed E-state index contributed by atoms with van der Waals surface area (Å²) in [5.74, 6) is -1.07. The van der Waals surface area contributed by atoms with Crippen LogP contribution in [0.1, 0.15) is 70.4 Å². The van der Waals surface area contributed by atoms with Crippen molar-refractivity contribution in [3.05, 3.63) is 65.4 Å². The SMILES string of the molecule is COc1ccccc1CCOc1ncc(-c2cnc(C)c(C(OC(C)(C)C)C(=O)O)c2N2CCC(C)(C)CC2)cc1F. The summed E-state index contributed by atoms with van der Waals surface area (Å²) in [5, 5.41) is 10.3. The molecule has 4 rings (SSSR count). The van der Waals surface area contributed by atoms with Gasteiger partial charge in [-0.1, -0.05) is 32.0 Å². The Morgan fingerprint density at radius 2 is 1.83 bits per heavy atom. The van der Waals surface area contributed by atoms with Crippen molar-refractivity contribution in [2.45, 2.75) is 72.5 Å². The lowest BCUT2D eigenvalue weighted by Crippen LogP contribution is -2.39. The summed E-state index contributed by atoms with van der Waals surface area (Å²) in [7, 11) is 1.61. The summed E-state index contributed by atoms with van der Waals surface area (Å²) < 4.78 is 32.6. The Morgan fingerprint density at radius 1 is 1.14 bits per heavy atom. The first-order chi connectivity index (χ1) is 19.8. The smallest absolute Gasteiger partial charge is 0.337 e. The summed E-state index contributed by atoms with van der Waals surface area (Å²) in [6.45, 7) is 13.4. The first kappa shape index (κ1) is 31.2. The molecular formula is C33H42FN3O5. The van der Waals surface area contributed by atoms with Gasteiger partial charge in [0.2, 0.25) is 5.88 Å². The molecule has 0 saturated carbocycles. The topological polar surface area (TPSA) is 94.0 Å². The third kappa shape index (κ3) is 7.37. The molecule has 0 bridgehead atoms. The summed E-state index contributed by atoms with van der Waals surface area (Å²) in [6, 6.07) is 8.99. The van der Waals surface area contributed by atoms with Crippen LogP contribution in [0.5, 0.6) is 11.6 Å². The molecule has 3 heterocycles. The van der Waals surface area contributed by atoms with Gasteiger partial charge in [-0.25, -0.2) is 14.2 Å². The molecule has 3 aromatic rings. The van der Waals surface area contributed by atoms with E-state index in [1.807, 2.05) is 45.0 Å². The molecule has 1 saturated heterocycles. The molecule has 1 atom stereocenters. The fourth-order valence-corrected chi connectivity index (χ4v) is 5.24. The number of nitrogens with zero attached hydrogens (tertiary/aromatic N) is 3. The summed E-state index contributed by atoms with van der Waals surface area (Å²) in [4.78, 5) is 23.6. The van der Waals surface area contributed by atoms with E-state index in [2.05, 4.69) is 28.7 Å². The minimum atomic E-state index is -1.25. The van der Waals surface area contributed by atoms with Crippen LogP contribution in [-0.4, -0.2) is 53.5 Å². The molecule has 0 amide bonds. The molecule has 1 unspecified atom stereocenters. The highest BCUT2D eigenvalue weighted by Crippen LogP contribution is 2.43. The zero-order valence-corrected chi connectivity index (χ0v) is 25.7. The Morgan fingerprint density at radius 3 is 2.45 bits per heavy atom. The predicted octanol–water partition coefficient (Wildman–Crippen LogP) is 6.79. The lowest BCUT2D eigenvalue weighted by atomic mass is 9.82. The van der Waals surface area contributed by atoms with Crippen molar-refractivity contribution in [2.75, 3.05) is 31.7 Å². The van der Waals surface area contributed by atoms with Crippen LogP contribution in [0.3, 0.4) is 0 Å². The highest BCUT2D eigenvalue weighted by Gasteiger charge is 2.36. The number of aromatic nitrogens is 2. The van der Waals surface area contributed by atoms with E-state index in [0.29, 0.717) is 34.5 Å². The molecule has 0 spiro atoms. The number of aryl methyl sites for hydroxylation is 1. The molecule has 1 N–H and O–H groups in total. The molecule has 1 aliphatic heterocycles. The van der Waals surface area contributed by atoms with Crippen molar-refractivity contribution in [1.29, 1.82) is 0 Å². The van der Waals surface area contributed by atoms with Gasteiger partial charge < -0.3 is 24.2 Å². The quantitative estimate of drug-likeness (QED) is 0.281. The largest absolute Gasteiger partial charge is 0.496 e. The number of methoxy groups -OCH3 is 1. The van der Waals surface area contributed by atoms with Gasteiger partial charge in [0.25, 0.3) is 0 Å². The maximum absolute atomic E-state index is 15.4. The van der Waals surface area contributed by atoms with Crippen LogP contribution in [-0.2, 0) is 16.0 Å². The fourth-order valence-electron chi connectivity index (χ4n) is 5.24. The van der Waals surface area contributed by atoms with Crippen LogP contribution in [0.25, 0.3) is 11.1 Å². The number of rotatable bonds is 10. The Kier molecular flexibility index (Phi) is 9.40. The third-order valence-corrected chi connectivity index (χ3v) is 7.60. The van der Waals surface area contributed by atoms with Crippen LogP contribution in [0.2, 0.25) is 0 Å². The highest BCUT2D eigenvalue weighted by molar-refractivity contribution is 5.86. The molecule has 0 aliphatic carbocycles. The molecule has 1 fully saturated rings. The molecular weight excluding hydrogens is 537 g/mol. The van der Waals surface area contributed by atoms with Crippen LogP contribution in [0.15, 0.2) is 42.7 Å². The molecule has 42 heavy (non-hydrogen) atoms. The van der Waals surface area contributed by atoms with Crippen LogP contribution in [0.4, 0.5) is 10.1 Å². The average Bonchev–Trinajstić information content (AvgIpc) is 2.92. The summed E-state index contributed by atoms with van der Waals surface area (Å²) in [6.07, 6.45) is 4.35. The van der Waals surface area contributed by atoms with Gasteiger partial charge in [-0.2, -0.15) is 0 Å². The first-order valence-electron chi connectivity index (χ1n) is 14.4. The number of carbonyl (C=O) groups is 1. The molecule has 0 radical (unpaired) electrons. The number of pyridine rings is 2. The number of halogens is 1. The predicted molar refractivity (Wildman–Crippen MR) is 161 cm³/mol. The lowest BCUT2D eigenvalue weighted by Gasteiger charge is -2.40. The maximum Gasteiger partial charge on any atom is 0.337 e. The van der Waals surface area contributed by atoms with E-state index in [1.54, 1.807) is 26.4 Å². The van der Waals surface area contributed by atoms with Crippen molar-refractivity contribution in [3.8, 4) is 22.8 Å². The van der Waals surface area contributed by atoms with Gasteiger partial charge in [0.1, 0.15) is 5.75 Å². The van der Waals surface area contributed by atoms with Gasteiger partial charge in [0.15, 0.2) is 11.9 Å². The van der Waals surface area contributed by atoms with E-state index in [4.69, 9.17) is 14.2 Å². The minimum absolute atomic E-state index is 0.102. The number of hydrogen-bond acceptors (Lipinski definition) is 7. The van der Waals surface area contributed by atoms with Gasteiger partial charge in [0.05, 0.1) is 25.0 Å². The number of anilines is 1. The van der Waals surface area contributed by atoms with Gasteiger partial charge in [0, 0.05) is 54.3 Å². The van der Waals surface area contributed by atoms with Gasteiger partial charge >= 0.3 is 5.97 Å². The Balaban J connectivity index is 1.71. The Bertz CT molecular complexity index is 1410. The van der Waals surface area contributed by atoms with Gasteiger partial charge in [-0.3, -0.25) is 4.98 Å². The second-order valence-corrected chi connectivity index (χ2v) is 12.5. The number of carboxylic acids is 1. The first-order valence-corrected chi connectivity index (χ1v) is 14.4. The van der Waals surface area contributed by atoms with Crippen molar-refractivity contribution in [2.24, 2.45) is 5.41 Å². The van der Waals surface area contributed by atoms with E-state index >= 15 is 4.39 Å². The number of para-hydroxylation sites is 1. The van der Waals surface area contributed by atoms with E-state index < -0.39 is 23.5 Å². The molecule has 1 aliphatic rings. The third-order valence-electron chi connectivity index (χ3n) is 7.60. The zero-order valence-electron chi connectivity index (χ0n) is 25.7. The summed E-state index contributed by atoms with van der Waals surface area (Å²) >= 11 is 0. The zero-order chi connectivity index (χ0) is 30.7. The van der Waals surface area contributed by atoms with Crippen LogP contribution in [0, 0.1) is 18.2 Å². The molecule has 1 aromatic carbocycles. The normalized spacial score (nSPS) is 15.8. The lowest BCUT2D eigenvalue weighted by molar-refractivity contribution is -0.160. The number of aliphatic carboxylic acids is 1. The molecule has 2 aromatic heterocycles. The van der Waals surface area contributed by atoms with Gasteiger partial charge in [-0.15, -0.1) is 0 Å². The minimum Gasteiger partial charge on any atom is -0.496 e. The second kappa shape index (κ2) is 12.7. The van der Waals surface area contributed by atoms with Gasteiger partial charge in [-0.05, 0) is 63.6 Å². The number of carboxylic acid groups (broad SMARTS) is 1. The van der Waals surface area contributed by atoms with Crippen molar-refractivity contribution in [1.82, 2.24) is 9.97 Å². The van der Waals surface area contributed by atoms with E-state index in [-0.39, 0.29) is 17.9 Å². The highest BCUT2D eigenvalue weighted by atomic mass is 19.1. The van der Waals surface area contributed by atoms with E-state index in [9.17, 15) is 9.90 Å². The Hall–Kier alpha value is -3.72. The number of benzene rings is 1. The number of piperidine rings is 1. The van der Waals surface area contributed by atoms with Crippen molar-refractivity contribution >= 4 is 11.7 Å². The monoisotopic (exact) mass is 579 g/mol. The van der Waals surface area contributed by atoms with E-state index in [1.165, 1.54) is 6.07 Å². The van der Waals surface area contributed by atoms with Crippen molar-refractivity contribution < 1.29 is 28.5 Å². The second-order valence-electron chi connectivity index (χ2n) is 12.5. The Labute approximate surface area is 247 Å². The fraction of sp³-hybridized carbons (Fsp3) is 0.485. The maximum atomic E-state index is 15.4. The average molecular weight is 580 g/mol. The number of hydrogen-bond donors (Lipinski definition) is 1. The van der Waals surface area contributed by atoms with E-state index in [0.717, 1.165) is 37.2 Å². The standard InChI is InChI=1S/C33H42FN3O5/c1-21-27(29(31(38)39)42-32(2,3)4)28(37-15-13-33(5,6)14-16-37)24(20-35-21)23-18-25(34)30(36-19-23)41-17-12-22-10-8-9-11-26(22)40-7/h8-11,18-20,29H,12-17H2,1-7H3,(H,38,39). The summed E-state index contributed by atoms with van der Waals surface area (Å²) in [5.41, 5.74) is 3.22. The molecule has 226 valence electrons.